The number of hydrogen-bond acceptors (Lipinski definition) is 3. The standard InChI is InChI=1S/C17H26N2O/c1-10-9-19-14(11(2)17(10)20-4)8-15(18-3)16-12-6-5-7-13(12)16/h9,12-13,15-16,18H,5-8H2,1-4H3. The van der Waals surface area contributed by atoms with Crippen LogP contribution in [0.15, 0.2) is 6.20 Å². The maximum absolute atomic E-state index is 5.52. The molecule has 0 radical (unpaired) electrons. The molecule has 0 saturated heterocycles. The Morgan fingerprint density at radius 1 is 1.35 bits per heavy atom. The molecule has 3 nitrogen and oxygen atoms in total. The van der Waals surface area contributed by atoms with Gasteiger partial charge in [0.1, 0.15) is 5.75 Å². The number of pyridine rings is 1. The van der Waals surface area contributed by atoms with Crippen LogP contribution in [0.25, 0.3) is 0 Å². The van der Waals surface area contributed by atoms with Crippen molar-refractivity contribution in [3.63, 3.8) is 0 Å². The van der Waals surface area contributed by atoms with Gasteiger partial charge in [0, 0.05) is 35.5 Å². The number of fused-ring (bicyclic) bond motifs is 1. The Hall–Kier alpha value is -1.09. The molecule has 3 unspecified atom stereocenters. The second kappa shape index (κ2) is 5.36. The molecule has 0 spiro atoms. The van der Waals surface area contributed by atoms with Gasteiger partial charge in [-0.25, -0.2) is 0 Å². The number of aromatic nitrogens is 1. The second-order valence-electron chi connectivity index (χ2n) is 6.48. The fraction of sp³-hybridized carbons (Fsp3) is 0.706. The van der Waals surface area contributed by atoms with Crippen molar-refractivity contribution in [2.24, 2.45) is 17.8 Å². The van der Waals surface area contributed by atoms with Crippen molar-refractivity contribution >= 4 is 0 Å². The van der Waals surface area contributed by atoms with Gasteiger partial charge < -0.3 is 10.1 Å². The Morgan fingerprint density at radius 2 is 2.05 bits per heavy atom. The fourth-order valence-corrected chi connectivity index (χ4v) is 4.39. The number of nitrogens with zero attached hydrogens (tertiary/aromatic N) is 1. The second-order valence-corrected chi connectivity index (χ2v) is 6.48. The third-order valence-electron chi connectivity index (χ3n) is 5.47. The smallest absolute Gasteiger partial charge is 0.128 e. The summed E-state index contributed by atoms with van der Waals surface area (Å²) in [6, 6.07) is 0.573. The SMILES string of the molecule is CNC(Cc1ncc(C)c(OC)c1C)C1C2CCCC21. The zero-order chi connectivity index (χ0) is 14.3. The summed E-state index contributed by atoms with van der Waals surface area (Å²) < 4.78 is 5.52. The molecule has 0 aromatic carbocycles. The van der Waals surface area contributed by atoms with Crippen molar-refractivity contribution < 1.29 is 4.74 Å². The van der Waals surface area contributed by atoms with Crippen LogP contribution in [-0.4, -0.2) is 25.2 Å². The first-order valence-corrected chi connectivity index (χ1v) is 7.83. The topological polar surface area (TPSA) is 34.2 Å². The lowest BCUT2D eigenvalue weighted by atomic mass is 9.97. The van der Waals surface area contributed by atoms with E-state index in [-0.39, 0.29) is 0 Å². The van der Waals surface area contributed by atoms with E-state index >= 15 is 0 Å². The summed E-state index contributed by atoms with van der Waals surface area (Å²) in [5.74, 6) is 3.85. The van der Waals surface area contributed by atoms with Gasteiger partial charge in [-0.3, -0.25) is 4.98 Å². The van der Waals surface area contributed by atoms with Gasteiger partial charge in [0.25, 0.3) is 0 Å². The van der Waals surface area contributed by atoms with E-state index < -0.39 is 0 Å². The number of methoxy groups -OCH3 is 1. The highest BCUT2D eigenvalue weighted by Crippen LogP contribution is 2.59. The molecular weight excluding hydrogens is 248 g/mol. The Morgan fingerprint density at radius 3 is 2.65 bits per heavy atom. The lowest BCUT2D eigenvalue weighted by molar-refractivity contribution is 0.402. The van der Waals surface area contributed by atoms with Crippen molar-refractivity contribution in [3.05, 3.63) is 23.0 Å². The summed E-state index contributed by atoms with van der Waals surface area (Å²) in [6.07, 6.45) is 7.30. The minimum Gasteiger partial charge on any atom is -0.496 e. The molecule has 110 valence electrons. The van der Waals surface area contributed by atoms with Gasteiger partial charge >= 0.3 is 0 Å². The van der Waals surface area contributed by atoms with Gasteiger partial charge in [0.15, 0.2) is 0 Å². The zero-order valence-electron chi connectivity index (χ0n) is 13.1. The van der Waals surface area contributed by atoms with E-state index in [2.05, 4.69) is 31.2 Å². The molecule has 0 aliphatic heterocycles. The molecule has 3 rings (SSSR count). The summed E-state index contributed by atoms with van der Waals surface area (Å²) in [6.45, 7) is 4.19. The predicted molar refractivity (Wildman–Crippen MR) is 81.1 cm³/mol. The first-order valence-electron chi connectivity index (χ1n) is 7.83. The molecule has 1 N–H and O–H groups in total. The molecule has 2 aliphatic rings. The van der Waals surface area contributed by atoms with Crippen molar-refractivity contribution in [1.82, 2.24) is 10.3 Å². The van der Waals surface area contributed by atoms with Crippen LogP contribution in [-0.2, 0) is 6.42 Å². The van der Waals surface area contributed by atoms with Crippen LogP contribution in [0, 0.1) is 31.6 Å². The highest BCUT2D eigenvalue weighted by Gasteiger charge is 2.55. The van der Waals surface area contributed by atoms with E-state index in [9.17, 15) is 0 Å². The van der Waals surface area contributed by atoms with Crippen LogP contribution < -0.4 is 10.1 Å². The molecule has 3 heteroatoms. The molecule has 0 amide bonds. The van der Waals surface area contributed by atoms with E-state index in [1.807, 2.05) is 6.20 Å². The summed E-state index contributed by atoms with van der Waals surface area (Å²) in [5, 5.41) is 3.54. The van der Waals surface area contributed by atoms with Crippen LogP contribution in [0.1, 0.15) is 36.1 Å². The van der Waals surface area contributed by atoms with E-state index in [0.29, 0.717) is 6.04 Å². The highest BCUT2D eigenvalue weighted by molar-refractivity contribution is 5.41. The highest BCUT2D eigenvalue weighted by atomic mass is 16.5. The van der Waals surface area contributed by atoms with Crippen LogP contribution in [0.5, 0.6) is 5.75 Å². The van der Waals surface area contributed by atoms with Crippen molar-refractivity contribution in [2.45, 2.75) is 45.6 Å². The molecule has 1 aromatic heterocycles. The number of likely N-dealkylation sites (N-methyl/N-ethyl adjacent to an activating group) is 1. The van der Waals surface area contributed by atoms with Crippen LogP contribution in [0.2, 0.25) is 0 Å². The summed E-state index contributed by atoms with van der Waals surface area (Å²) in [4.78, 5) is 4.66. The minimum atomic E-state index is 0.573. The zero-order valence-corrected chi connectivity index (χ0v) is 13.1. The largest absolute Gasteiger partial charge is 0.496 e. The Labute approximate surface area is 122 Å². The predicted octanol–water partition coefficient (Wildman–Crippen LogP) is 2.88. The van der Waals surface area contributed by atoms with Crippen LogP contribution >= 0.6 is 0 Å². The molecule has 2 aliphatic carbocycles. The first-order chi connectivity index (χ1) is 9.67. The van der Waals surface area contributed by atoms with Gasteiger partial charge in [0.05, 0.1) is 7.11 Å². The third-order valence-corrected chi connectivity index (χ3v) is 5.47. The van der Waals surface area contributed by atoms with E-state index in [1.54, 1.807) is 7.11 Å². The van der Waals surface area contributed by atoms with Gasteiger partial charge in [-0.1, -0.05) is 6.42 Å². The van der Waals surface area contributed by atoms with Gasteiger partial charge in [-0.05, 0) is 51.5 Å². The number of rotatable bonds is 5. The number of hydrogen-bond donors (Lipinski definition) is 1. The average molecular weight is 274 g/mol. The summed E-state index contributed by atoms with van der Waals surface area (Å²) in [7, 11) is 3.85. The van der Waals surface area contributed by atoms with Gasteiger partial charge in [-0.15, -0.1) is 0 Å². The average Bonchev–Trinajstić information content (AvgIpc) is 2.91. The Kier molecular flexibility index (Phi) is 3.72. The van der Waals surface area contributed by atoms with Crippen molar-refractivity contribution in [2.75, 3.05) is 14.2 Å². The monoisotopic (exact) mass is 274 g/mol. The van der Waals surface area contributed by atoms with Crippen LogP contribution in [0.3, 0.4) is 0 Å². The number of aryl methyl sites for hydroxylation is 1. The quantitative estimate of drug-likeness (QED) is 0.896. The first kappa shape index (κ1) is 13.9. The summed E-state index contributed by atoms with van der Waals surface area (Å²) >= 11 is 0. The number of nitrogens with one attached hydrogen (secondary N) is 1. The number of ether oxygens (including phenoxy) is 1. The van der Waals surface area contributed by atoms with Crippen molar-refractivity contribution in [3.8, 4) is 5.75 Å². The maximum atomic E-state index is 5.52. The molecule has 1 heterocycles. The Balaban J connectivity index is 1.76. The molecule has 2 fully saturated rings. The molecule has 1 aromatic rings. The molecule has 2 saturated carbocycles. The molecule has 20 heavy (non-hydrogen) atoms. The lowest BCUT2D eigenvalue weighted by Gasteiger charge is -2.20. The lowest BCUT2D eigenvalue weighted by Crippen LogP contribution is -2.32. The molecular formula is C17H26N2O. The molecule has 3 atom stereocenters. The summed E-state index contributed by atoms with van der Waals surface area (Å²) in [5.41, 5.74) is 3.52. The van der Waals surface area contributed by atoms with Crippen molar-refractivity contribution in [1.29, 1.82) is 0 Å². The third kappa shape index (κ3) is 2.22. The minimum absolute atomic E-state index is 0.573. The Bertz CT molecular complexity index is 490. The van der Waals surface area contributed by atoms with Gasteiger partial charge in [-0.2, -0.15) is 0 Å². The van der Waals surface area contributed by atoms with Crippen LogP contribution in [0.4, 0.5) is 0 Å². The normalized spacial score (nSPS) is 29.1. The molecule has 0 bridgehead atoms. The van der Waals surface area contributed by atoms with E-state index in [4.69, 9.17) is 4.74 Å². The van der Waals surface area contributed by atoms with Gasteiger partial charge in [0.2, 0.25) is 0 Å². The fourth-order valence-electron chi connectivity index (χ4n) is 4.39. The van der Waals surface area contributed by atoms with E-state index in [1.165, 1.54) is 30.5 Å². The maximum Gasteiger partial charge on any atom is 0.128 e. The van der Waals surface area contributed by atoms with E-state index in [0.717, 1.165) is 35.5 Å².